The second kappa shape index (κ2) is 8.48. The molecule has 1 unspecified atom stereocenters. The fourth-order valence-corrected chi connectivity index (χ4v) is 5.97. The highest BCUT2D eigenvalue weighted by atomic mass is 16.5. The molecule has 0 aromatic heterocycles. The van der Waals surface area contributed by atoms with Crippen LogP contribution in [0.5, 0.6) is 0 Å². The molecule has 3 atom stereocenters. The van der Waals surface area contributed by atoms with Gasteiger partial charge in [-0.1, -0.05) is 49.4 Å². The van der Waals surface area contributed by atoms with E-state index in [9.17, 15) is 14.4 Å². The third kappa shape index (κ3) is 3.73. The van der Waals surface area contributed by atoms with Gasteiger partial charge in [-0.05, 0) is 55.4 Å². The van der Waals surface area contributed by atoms with Gasteiger partial charge >= 0.3 is 5.97 Å². The number of nitrogens with one attached hydrogen (secondary N) is 1. The van der Waals surface area contributed by atoms with Gasteiger partial charge in [0, 0.05) is 11.1 Å². The molecule has 2 aromatic carbocycles. The summed E-state index contributed by atoms with van der Waals surface area (Å²) in [6.07, 6.45) is 1.44. The van der Waals surface area contributed by atoms with Crippen molar-refractivity contribution in [3.05, 3.63) is 71.3 Å². The van der Waals surface area contributed by atoms with Crippen LogP contribution in [0.25, 0.3) is 0 Å². The largest absolute Gasteiger partial charge is 0.464 e. The number of hydrogen-bond donors (Lipinski definition) is 1. The van der Waals surface area contributed by atoms with Crippen LogP contribution < -0.4 is 5.32 Å². The number of piperidine rings is 1. The van der Waals surface area contributed by atoms with Crippen molar-refractivity contribution < 1.29 is 23.9 Å². The molecule has 0 spiro atoms. The fraction of sp³-hybridized carbons (Fsp3) is 0.464. The molecule has 2 saturated heterocycles. The number of ether oxygens (including phenoxy) is 2. The predicted molar refractivity (Wildman–Crippen MR) is 130 cm³/mol. The van der Waals surface area contributed by atoms with E-state index in [2.05, 4.69) is 24.4 Å². The minimum Gasteiger partial charge on any atom is -0.464 e. The fourth-order valence-electron chi connectivity index (χ4n) is 5.97. The molecule has 3 aliphatic rings. The number of nitrogens with zero attached hydrogens (tertiary/aromatic N) is 1. The summed E-state index contributed by atoms with van der Waals surface area (Å²) in [4.78, 5) is 40.1. The molecule has 35 heavy (non-hydrogen) atoms. The Hall–Kier alpha value is -3.19. The molecule has 5 rings (SSSR count). The molecule has 2 heterocycles. The summed E-state index contributed by atoms with van der Waals surface area (Å²) in [6.45, 7) is 7.19. The monoisotopic (exact) mass is 476 g/mol. The molecule has 1 aliphatic carbocycles. The lowest BCUT2D eigenvalue weighted by Gasteiger charge is -2.42. The molecule has 1 N–H and O–H groups in total. The minimum atomic E-state index is -0.596. The third-order valence-electron chi connectivity index (χ3n) is 8.35. The first-order chi connectivity index (χ1) is 16.7. The van der Waals surface area contributed by atoms with Crippen molar-refractivity contribution >= 4 is 17.8 Å². The van der Waals surface area contributed by atoms with Gasteiger partial charge < -0.3 is 19.7 Å². The van der Waals surface area contributed by atoms with Gasteiger partial charge in [0.05, 0.1) is 31.8 Å². The van der Waals surface area contributed by atoms with Crippen LogP contribution in [0.1, 0.15) is 55.1 Å². The van der Waals surface area contributed by atoms with Crippen molar-refractivity contribution in [3.63, 3.8) is 0 Å². The molecule has 3 fully saturated rings. The van der Waals surface area contributed by atoms with Gasteiger partial charge in [-0.3, -0.25) is 9.59 Å². The molecule has 7 heteroatoms. The molecule has 0 bridgehead atoms. The van der Waals surface area contributed by atoms with Gasteiger partial charge in [-0.15, -0.1) is 0 Å². The summed E-state index contributed by atoms with van der Waals surface area (Å²) < 4.78 is 10.8. The van der Waals surface area contributed by atoms with Gasteiger partial charge in [-0.2, -0.15) is 0 Å². The maximum Gasteiger partial charge on any atom is 0.328 e. The first kappa shape index (κ1) is 23.5. The maximum atomic E-state index is 13.2. The number of hydrogen-bond acceptors (Lipinski definition) is 5. The van der Waals surface area contributed by atoms with E-state index in [1.807, 2.05) is 37.3 Å². The van der Waals surface area contributed by atoms with Crippen molar-refractivity contribution in [2.24, 2.45) is 5.41 Å². The number of amides is 2. The Kier molecular flexibility index (Phi) is 5.71. The zero-order chi connectivity index (χ0) is 24.8. The first-order valence-electron chi connectivity index (χ1n) is 12.2. The number of benzene rings is 2. The van der Waals surface area contributed by atoms with E-state index in [0.29, 0.717) is 25.2 Å². The Balaban J connectivity index is 1.25. The molecule has 2 aliphatic heterocycles. The summed E-state index contributed by atoms with van der Waals surface area (Å²) in [5.74, 6) is -0.949. The van der Waals surface area contributed by atoms with Crippen LogP contribution in [0.4, 0.5) is 0 Å². The van der Waals surface area contributed by atoms with Crippen molar-refractivity contribution in [2.45, 2.75) is 50.6 Å². The molecule has 184 valence electrons. The van der Waals surface area contributed by atoms with Gasteiger partial charge in [0.15, 0.2) is 0 Å². The SMILES string of the molecule is CCOC(=O)[C@@H]1C[C@]2(C)CC2(C)N1C(=O)CNC(=O)c1ccc(C2(c3ccccc3)COC2)cc1. The van der Waals surface area contributed by atoms with Crippen LogP contribution in [0.2, 0.25) is 0 Å². The van der Waals surface area contributed by atoms with E-state index < -0.39 is 6.04 Å². The highest BCUT2D eigenvalue weighted by molar-refractivity contribution is 5.97. The molecule has 7 nitrogen and oxygen atoms in total. The molecular formula is C28H32N2O5. The van der Waals surface area contributed by atoms with E-state index in [-0.39, 0.29) is 47.3 Å². The number of likely N-dealkylation sites (tertiary alicyclic amines) is 1. The Labute approximate surface area is 205 Å². The Morgan fingerprint density at radius 2 is 1.69 bits per heavy atom. The van der Waals surface area contributed by atoms with Crippen molar-refractivity contribution in [2.75, 3.05) is 26.4 Å². The molecule has 2 amide bonds. The smallest absolute Gasteiger partial charge is 0.328 e. The van der Waals surface area contributed by atoms with Gasteiger partial charge in [0.25, 0.3) is 5.91 Å². The van der Waals surface area contributed by atoms with Crippen LogP contribution in [-0.4, -0.2) is 60.6 Å². The lowest BCUT2D eigenvalue weighted by molar-refractivity contribution is -0.155. The zero-order valence-electron chi connectivity index (χ0n) is 20.5. The number of rotatable bonds is 7. The van der Waals surface area contributed by atoms with Crippen LogP contribution in [0.15, 0.2) is 54.6 Å². The normalized spacial score (nSPS) is 28.0. The lowest BCUT2D eigenvalue weighted by Crippen LogP contribution is -2.51. The average molecular weight is 477 g/mol. The Morgan fingerprint density at radius 1 is 1.03 bits per heavy atom. The number of esters is 1. The molecule has 2 aromatic rings. The van der Waals surface area contributed by atoms with Gasteiger partial charge in [0.2, 0.25) is 5.91 Å². The van der Waals surface area contributed by atoms with Crippen molar-refractivity contribution in [3.8, 4) is 0 Å². The van der Waals surface area contributed by atoms with E-state index in [1.165, 1.54) is 5.56 Å². The van der Waals surface area contributed by atoms with E-state index in [1.54, 1.807) is 24.0 Å². The lowest BCUT2D eigenvalue weighted by atomic mass is 9.73. The molecule has 1 saturated carbocycles. The van der Waals surface area contributed by atoms with Gasteiger partial charge in [0.1, 0.15) is 6.04 Å². The number of fused-ring (bicyclic) bond motifs is 1. The van der Waals surface area contributed by atoms with Crippen molar-refractivity contribution in [1.29, 1.82) is 0 Å². The highest BCUT2D eigenvalue weighted by Gasteiger charge is 2.73. The Bertz CT molecular complexity index is 1140. The van der Waals surface area contributed by atoms with E-state index >= 15 is 0 Å². The number of carbonyl (C=O) groups excluding carboxylic acids is 3. The quantitative estimate of drug-likeness (QED) is 0.621. The second-order valence-corrected chi connectivity index (χ2v) is 10.4. The summed E-state index contributed by atoms with van der Waals surface area (Å²) in [5.41, 5.74) is 2.12. The maximum absolute atomic E-state index is 13.2. The van der Waals surface area contributed by atoms with Gasteiger partial charge in [-0.25, -0.2) is 4.79 Å². The van der Waals surface area contributed by atoms with Crippen molar-refractivity contribution in [1.82, 2.24) is 10.2 Å². The topological polar surface area (TPSA) is 84.9 Å². The minimum absolute atomic E-state index is 0.0835. The van der Waals surface area contributed by atoms with E-state index in [0.717, 1.165) is 12.0 Å². The third-order valence-corrected chi connectivity index (χ3v) is 8.35. The predicted octanol–water partition coefficient (Wildman–Crippen LogP) is 3.07. The first-order valence-corrected chi connectivity index (χ1v) is 12.2. The van der Waals surface area contributed by atoms with Crippen LogP contribution in [-0.2, 0) is 24.5 Å². The van der Waals surface area contributed by atoms with E-state index in [4.69, 9.17) is 9.47 Å². The highest BCUT2D eigenvalue weighted by Crippen LogP contribution is 2.67. The standard InChI is InChI=1S/C28H32N2O5/c1-4-35-25(33)22-14-26(2)16-27(26,3)30(22)23(31)15-29-24(32)19-10-12-21(13-11-19)28(17-34-18-28)20-8-6-5-7-9-20/h5-13,22H,4,14-18H2,1-3H3,(H,29,32)/t22-,26+,27?/m0/s1. The summed E-state index contributed by atoms with van der Waals surface area (Å²) in [7, 11) is 0. The molecule has 0 radical (unpaired) electrons. The van der Waals surface area contributed by atoms with Crippen LogP contribution >= 0.6 is 0 Å². The molecular weight excluding hydrogens is 444 g/mol. The Morgan fingerprint density at radius 3 is 2.29 bits per heavy atom. The second-order valence-electron chi connectivity index (χ2n) is 10.4. The number of carbonyl (C=O) groups is 3. The summed E-state index contributed by atoms with van der Waals surface area (Å²) >= 11 is 0. The zero-order valence-corrected chi connectivity index (χ0v) is 20.5. The summed E-state index contributed by atoms with van der Waals surface area (Å²) in [5, 5.41) is 2.75. The average Bonchev–Trinajstić information content (AvgIpc) is 3.28. The summed E-state index contributed by atoms with van der Waals surface area (Å²) in [6, 6.07) is 17.1. The van der Waals surface area contributed by atoms with Crippen LogP contribution in [0, 0.1) is 5.41 Å². The van der Waals surface area contributed by atoms with Crippen LogP contribution in [0.3, 0.4) is 0 Å².